The lowest BCUT2D eigenvalue weighted by atomic mass is 10.3. The van der Waals surface area contributed by atoms with Crippen molar-refractivity contribution in [2.24, 2.45) is 0 Å². The standard InChI is InChI=1S/C14H22N2O4/c1-15(5-6-16-7-9-19-10-8-16)11-12-3-4-13(20-12)14(17)18-2/h3-4H,5-11H2,1-2H3. The maximum absolute atomic E-state index is 11.3. The number of carbonyl (C=O) groups is 1. The van der Waals surface area contributed by atoms with Crippen LogP contribution in [0.3, 0.4) is 0 Å². The highest BCUT2D eigenvalue weighted by atomic mass is 16.5. The Morgan fingerprint density at radius 3 is 2.85 bits per heavy atom. The molecule has 20 heavy (non-hydrogen) atoms. The second-order valence-electron chi connectivity index (χ2n) is 4.95. The van der Waals surface area contributed by atoms with E-state index in [0.29, 0.717) is 6.54 Å². The molecular weight excluding hydrogens is 260 g/mol. The van der Waals surface area contributed by atoms with E-state index in [9.17, 15) is 4.79 Å². The maximum atomic E-state index is 11.3. The van der Waals surface area contributed by atoms with Crippen molar-refractivity contribution in [1.82, 2.24) is 9.80 Å². The predicted molar refractivity (Wildman–Crippen MR) is 73.6 cm³/mol. The van der Waals surface area contributed by atoms with Crippen molar-refractivity contribution < 1.29 is 18.7 Å². The number of carbonyl (C=O) groups excluding carboxylic acids is 1. The van der Waals surface area contributed by atoms with E-state index < -0.39 is 5.97 Å². The van der Waals surface area contributed by atoms with E-state index in [0.717, 1.165) is 45.2 Å². The summed E-state index contributed by atoms with van der Waals surface area (Å²) >= 11 is 0. The Bertz CT molecular complexity index is 427. The summed E-state index contributed by atoms with van der Waals surface area (Å²) in [5.74, 6) is 0.589. The molecule has 0 radical (unpaired) electrons. The number of rotatable bonds is 6. The Morgan fingerprint density at radius 1 is 1.40 bits per heavy atom. The zero-order chi connectivity index (χ0) is 14.4. The zero-order valence-electron chi connectivity index (χ0n) is 12.1. The Morgan fingerprint density at radius 2 is 2.15 bits per heavy atom. The van der Waals surface area contributed by atoms with E-state index in [-0.39, 0.29) is 5.76 Å². The van der Waals surface area contributed by atoms with E-state index in [4.69, 9.17) is 9.15 Å². The van der Waals surface area contributed by atoms with Gasteiger partial charge in [0.15, 0.2) is 0 Å². The molecule has 1 aromatic rings. The molecule has 1 aliphatic rings. The highest BCUT2D eigenvalue weighted by Crippen LogP contribution is 2.11. The average molecular weight is 282 g/mol. The first-order chi connectivity index (χ1) is 9.69. The molecule has 6 heteroatoms. The van der Waals surface area contributed by atoms with Gasteiger partial charge in [-0.2, -0.15) is 0 Å². The Kier molecular flexibility index (Phi) is 5.58. The summed E-state index contributed by atoms with van der Waals surface area (Å²) in [4.78, 5) is 15.9. The lowest BCUT2D eigenvalue weighted by Crippen LogP contribution is -2.40. The molecule has 6 nitrogen and oxygen atoms in total. The minimum Gasteiger partial charge on any atom is -0.463 e. The molecule has 0 amide bonds. The van der Waals surface area contributed by atoms with Gasteiger partial charge in [0.2, 0.25) is 5.76 Å². The number of morpholine rings is 1. The lowest BCUT2D eigenvalue weighted by Gasteiger charge is -2.28. The Labute approximate surface area is 119 Å². The minimum atomic E-state index is -0.438. The third-order valence-corrected chi connectivity index (χ3v) is 3.38. The number of furan rings is 1. The summed E-state index contributed by atoms with van der Waals surface area (Å²) in [5.41, 5.74) is 0. The van der Waals surface area contributed by atoms with Gasteiger partial charge in [0.05, 0.1) is 26.9 Å². The highest BCUT2D eigenvalue weighted by molar-refractivity contribution is 5.86. The topological polar surface area (TPSA) is 55.2 Å². The van der Waals surface area contributed by atoms with Crippen molar-refractivity contribution in [3.05, 3.63) is 23.7 Å². The fraction of sp³-hybridized carbons (Fsp3) is 0.643. The number of nitrogens with zero attached hydrogens (tertiary/aromatic N) is 2. The second kappa shape index (κ2) is 7.42. The summed E-state index contributed by atoms with van der Waals surface area (Å²) in [6.45, 7) is 6.30. The van der Waals surface area contributed by atoms with Crippen LogP contribution in [0, 0.1) is 0 Å². The van der Waals surface area contributed by atoms with Crippen molar-refractivity contribution in [3.63, 3.8) is 0 Å². The van der Waals surface area contributed by atoms with Crippen LogP contribution in [0.5, 0.6) is 0 Å². The number of hydrogen-bond acceptors (Lipinski definition) is 6. The zero-order valence-corrected chi connectivity index (χ0v) is 12.1. The first kappa shape index (κ1) is 15.0. The fourth-order valence-corrected chi connectivity index (χ4v) is 2.16. The van der Waals surface area contributed by atoms with E-state index in [1.165, 1.54) is 7.11 Å². The highest BCUT2D eigenvalue weighted by Gasteiger charge is 2.14. The van der Waals surface area contributed by atoms with E-state index in [1.807, 2.05) is 13.1 Å². The molecule has 0 atom stereocenters. The van der Waals surface area contributed by atoms with E-state index in [2.05, 4.69) is 14.5 Å². The van der Waals surface area contributed by atoms with Crippen molar-refractivity contribution in [2.45, 2.75) is 6.54 Å². The molecule has 112 valence electrons. The number of hydrogen-bond donors (Lipinski definition) is 0. The molecular formula is C14H22N2O4. The molecule has 2 heterocycles. The molecule has 0 spiro atoms. The van der Waals surface area contributed by atoms with E-state index in [1.54, 1.807) is 6.07 Å². The van der Waals surface area contributed by atoms with Crippen LogP contribution in [0.25, 0.3) is 0 Å². The molecule has 1 aromatic heterocycles. The van der Waals surface area contributed by atoms with Crippen LogP contribution < -0.4 is 0 Å². The summed E-state index contributed by atoms with van der Waals surface area (Å²) < 4.78 is 15.4. The monoisotopic (exact) mass is 282 g/mol. The van der Waals surface area contributed by atoms with Crippen molar-refractivity contribution in [3.8, 4) is 0 Å². The Balaban J connectivity index is 1.74. The third-order valence-electron chi connectivity index (χ3n) is 3.38. The largest absolute Gasteiger partial charge is 0.463 e. The van der Waals surface area contributed by atoms with E-state index >= 15 is 0 Å². The van der Waals surface area contributed by atoms with Crippen LogP contribution in [0.4, 0.5) is 0 Å². The minimum absolute atomic E-state index is 0.254. The predicted octanol–water partition coefficient (Wildman–Crippen LogP) is 0.830. The summed E-state index contributed by atoms with van der Waals surface area (Å²) in [6, 6.07) is 3.47. The summed E-state index contributed by atoms with van der Waals surface area (Å²) in [5, 5.41) is 0. The molecule has 0 unspecified atom stereocenters. The fourth-order valence-electron chi connectivity index (χ4n) is 2.16. The second-order valence-corrected chi connectivity index (χ2v) is 4.95. The van der Waals surface area contributed by atoms with Gasteiger partial charge in [-0.3, -0.25) is 9.80 Å². The molecule has 0 saturated carbocycles. The van der Waals surface area contributed by atoms with Crippen LogP contribution in [0.15, 0.2) is 16.5 Å². The molecule has 0 N–H and O–H groups in total. The van der Waals surface area contributed by atoms with Gasteiger partial charge in [-0.25, -0.2) is 4.79 Å². The first-order valence-corrected chi connectivity index (χ1v) is 6.84. The van der Waals surface area contributed by atoms with Crippen LogP contribution in [-0.4, -0.2) is 69.3 Å². The van der Waals surface area contributed by atoms with Gasteiger partial charge in [-0.1, -0.05) is 0 Å². The summed E-state index contributed by atoms with van der Waals surface area (Å²) in [7, 11) is 3.39. The molecule has 1 fully saturated rings. The van der Waals surface area contributed by atoms with Gasteiger partial charge in [0, 0.05) is 26.2 Å². The number of esters is 1. The molecule has 1 aliphatic heterocycles. The summed E-state index contributed by atoms with van der Waals surface area (Å²) in [6.07, 6.45) is 0. The maximum Gasteiger partial charge on any atom is 0.373 e. The molecule has 1 saturated heterocycles. The molecule has 2 rings (SSSR count). The van der Waals surface area contributed by atoms with Gasteiger partial charge in [-0.05, 0) is 19.2 Å². The lowest BCUT2D eigenvalue weighted by molar-refractivity contribution is 0.0339. The smallest absolute Gasteiger partial charge is 0.373 e. The van der Waals surface area contributed by atoms with Gasteiger partial charge in [-0.15, -0.1) is 0 Å². The van der Waals surface area contributed by atoms with Crippen LogP contribution in [0.1, 0.15) is 16.3 Å². The molecule has 0 aliphatic carbocycles. The third kappa shape index (κ3) is 4.33. The molecule has 0 bridgehead atoms. The number of methoxy groups -OCH3 is 1. The Hall–Kier alpha value is -1.37. The first-order valence-electron chi connectivity index (χ1n) is 6.84. The van der Waals surface area contributed by atoms with Crippen LogP contribution in [0.2, 0.25) is 0 Å². The number of likely N-dealkylation sites (N-methyl/N-ethyl adjacent to an activating group) is 1. The van der Waals surface area contributed by atoms with Crippen molar-refractivity contribution >= 4 is 5.97 Å². The van der Waals surface area contributed by atoms with Crippen molar-refractivity contribution in [1.29, 1.82) is 0 Å². The van der Waals surface area contributed by atoms with Gasteiger partial charge in [0.25, 0.3) is 0 Å². The SMILES string of the molecule is COC(=O)c1ccc(CN(C)CCN2CCOCC2)o1. The normalized spacial score (nSPS) is 16.6. The average Bonchev–Trinajstić information content (AvgIpc) is 2.94. The molecule has 0 aromatic carbocycles. The van der Waals surface area contributed by atoms with Gasteiger partial charge >= 0.3 is 5.97 Å². The quantitative estimate of drug-likeness (QED) is 0.720. The number of ether oxygens (including phenoxy) is 2. The van der Waals surface area contributed by atoms with Gasteiger partial charge in [0.1, 0.15) is 5.76 Å². The van der Waals surface area contributed by atoms with Gasteiger partial charge < -0.3 is 13.9 Å². The van der Waals surface area contributed by atoms with Crippen LogP contribution >= 0.6 is 0 Å². The van der Waals surface area contributed by atoms with Crippen LogP contribution in [-0.2, 0) is 16.0 Å². The van der Waals surface area contributed by atoms with Crippen molar-refractivity contribution in [2.75, 3.05) is 53.6 Å².